The van der Waals surface area contributed by atoms with Gasteiger partial charge in [0.1, 0.15) is 28.8 Å². The SMILES string of the molecule is C/C=C/CCC1CCC(c2cc(F)c(-c3ccc4c(F)c(C(F)(F)F)c(F)cc4c3)c(F)c2)CC1. The van der Waals surface area contributed by atoms with E-state index in [1.54, 1.807) is 0 Å². The molecule has 0 aliphatic heterocycles. The van der Waals surface area contributed by atoms with Crippen molar-refractivity contribution in [1.82, 2.24) is 0 Å². The van der Waals surface area contributed by atoms with Crippen molar-refractivity contribution < 1.29 is 30.7 Å². The zero-order valence-electron chi connectivity index (χ0n) is 19.2. The molecular formula is C28H25F7. The van der Waals surface area contributed by atoms with Crippen LogP contribution in [0.2, 0.25) is 0 Å². The number of rotatable bonds is 5. The molecule has 1 saturated carbocycles. The van der Waals surface area contributed by atoms with E-state index in [-0.39, 0.29) is 22.4 Å². The van der Waals surface area contributed by atoms with Crippen LogP contribution >= 0.6 is 0 Å². The number of benzene rings is 3. The highest BCUT2D eigenvalue weighted by atomic mass is 19.4. The van der Waals surface area contributed by atoms with E-state index in [1.165, 1.54) is 12.1 Å². The number of fused-ring (bicyclic) bond motifs is 1. The van der Waals surface area contributed by atoms with Gasteiger partial charge < -0.3 is 0 Å². The molecule has 0 radical (unpaired) electrons. The average molecular weight is 494 g/mol. The summed E-state index contributed by atoms with van der Waals surface area (Å²) >= 11 is 0. The normalized spacial score (nSPS) is 19.1. The Bertz CT molecular complexity index is 1230. The first-order valence-electron chi connectivity index (χ1n) is 11.7. The molecule has 35 heavy (non-hydrogen) atoms. The molecule has 3 aromatic rings. The van der Waals surface area contributed by atoms with E-state index < -0.39 is 40.4 Å². The van der Waals surface area contributed by atoms with E-state index >= 15 is 8.78 Å². The molecule has 0 N–H and O–H groups in total. The van der Waals surface area contributed by atoms with Gasteiger partial charge in [-0.2, -0.15) is 13.2 Å². The highest BCUT2D eigenvalue weighted by Crippen LogP contribution is 2.41. The molecule has 186 valence electrons. The predicted octanol–water partition coefficient (Wildman–Crippen LogP) is 9.71. The summed E-state index contributed by atoms with van der Waals surface area (Å²) in [6.07, 6.45) is 4.77. The number of halogens is 7. The van der Waals surface area contributed by atoms with Crippen LogP contribution in [0, 0.1) is 29.2 Å². The number of hydrogen-bond donors (Lipinski definition) is 0. The molecule has 1 aliphatic rings. The second-order valence-corrected chi connectivity index (χ2v) is 9.20. The van der Waals surface area contributed by atoms with Gasteiger partial charge in [0.05, 0.1) is 5.56 Å². The van der Waals surface area contributed by atoms with Gasteiger partial charge in [-0.1, -0.05) is 24.3 Å². The van der Waals surface area contributed by atoms with Crippen LogP contribution in [0.5, 0.6) is 0 Å². The fourth-order valence-corrected chi connectivity index (χ4v) is 5.13. The molecule has 0 unspecified atom stereocenters. The van der Waals surface area contributed by atoms with Crippen LogP contribution in [0.1, 0.15) is 62.5 Å². The van der Waals surface area contributed by atoms with Crippen LogP contribution in [0.25, 0.3) is 21.9 Å². The van der Waals surface area contributed by atoms with Crippen molar-refractivity contribution in [2.45, 2.75) is 57.5 Å². The van der Waals surface area contributed by atoms with Gasteiger partial charge in [0.25, 0.3) is 0 Å². The Morgan fingerprint density at radius 1 is 0.857 bits per heavy atom. The minimum Gasteiger partial charge on any atom is -0.206 e. The van der Waals surface area contributed by atoms with Crippen LogP contribution in [-0.4, -0.2) is 0 Å². The maximum atomic E-state index is 15.1. The van der Waals surface area contributed by atoms with Gasteiger partial charge in [0.2, 0.25) is 0 Å². The zero-order valence-corrected chi connectivity index (χ0v) is 19.2. The molecule has 0 aromatic heterocycles. The summed E-state index contributed by atoms with van der Waals surface area (Å²) in [7, 11) is 0. The molecule has 7 heteroatoms. The summed E-state index contributed by atoms with van der Waals surface area (Å²) in [5, 5.41) is -0.698. The van der Waals surface area contributed by atoms with E-state index in [2.05, 4.69) is 6.08 Å². The average Bonchev–Trinajstić information content (AvgIpc) is 2.78. The molecule has 4 rings (SSSR count). The molecule has 0 heterocycles. The highest BCUT2D eigenvalue weighted by Gasteiger charge is 2.38. The Kier molecular flexibility index (Phi) is 7.25. The lowest BCUT2D eigenvalue weighted by Crippen LogP contribution is -2.14. The predicted molar refractivity (Wildman–Crippen MR) is 123 cm³/mol. The van der Waals surface area contributed by atoms with Gasteiger partial charge in [0, 0.05) is 5.39 Å². The van der Waals surface area contributed by atoms with Crippen LogP contribution < -0.4 is 0 Å². The van der Waals surface area contributed by atoms with Crippen molar-refractivity contribution in [3.05, 3.63) is 82.9 Å². The quantitative estimate of drug-likeness (QED) is 0.245. The van der Waals surface area contributed by atoms with Crippen LogP contribution in [0.15, 0.2) is 48.6 Å². The van der Waals surface area contributed by atoms with Gasteiger partial charge in [-0.3, -0.25) is 0 Å². The third-order valence-electron chi connectivity index (χ3n) is 6.96. The lowest BCUT2D eigenvalue weighted by Gasteiger charge is -2.29. The van der Waals surface area contributed by atoms with Crippen molar-refractivity contribution in [2.75, 3.05) is 0 Å². The molecule has 3 aromatic carbocycles. The molecular weight excluding hydrogens is 469 g/mol. The summed E-state index contributed by atoms with van der Waals surface area (Å²) in [5.74, 6) is -4.52. The Hall–Kier alpha value is -2.83. The third kappa shape index (κ3) is 5.24. The minimum atomic E-state index is -5.21. The maximum absolute atomic E-state index is 15.1. The van der Waals surface area contributed by atoms with E-state index in [0.29, 0.717) is 17.5 Å². The van der Waals surface area contributed by atoms with Crippen LogP contribution in [0.3, 0.4) is 0 Å². The molecule has 1 aliphatic carbocycles. The summed E-state index contributed by atoms with van der Waals surface area (Å²) in [5.41, 5.74) is -1.80. The summed E-state index contributed by atoms with van der Waals surface area (Å²) in [6.45, 7) is 1.99. The van der Waals surface area contributed by atoms with E-state index in [0.717, 1.165) is 56.7 Å². The molecule has 0 saturated heterocycles. The van der Waals surface area contributed by atoms with E-state index in [1.807, 2.05) is 13.0 Å². The molecule has 0 spiro atoms. The first-order chi connectivity index (χ1) is 16.6. The molecule has 0 nitrogen and oxygen atoms in total. The van der Waals surface area contributed by atoms with Crippen LogP contribution in [-0.2, 0) is 6.18 Å². The smallest absolute Gasteiger partial charge is 0.206 e. The lowest BCUT2D eigenvalue weighted by molar-refractivity contribution is -0.142. The van der Waals surface area contributed by atoms with Gasteiger partial charge in [-0.05, 0) is 98.1 Å². The second-order valence-electron chi connectivity index (χ2n) is 9.20. The monoisotopic (exact) mass is 494 g/mol. The Balaban J connectivity index is 1.61. The summed E-state index contributed by atoms with van der Waals surface area (Å²) in [6, 6.07) is 6.34. The van der Waals surface area contributed by atoms with Crippen molar-refractivity contribution >= 4 is 10.8 Å². The topological polar surface area (TPSA) is 0 Å². The Morgan fingerprint density at radius 3 is 2.11 bits per heavy atom. The van der Waals surface area contributed by atoms with Gasteiger partial charge in [-0.25, -0.2) is 17.6 Å². The Labute approximate surface area is 199 Å². The fraction of sp³-hybridized carbons (Fsp3) is 0.357. The maximum Gasteiger partial charge on any atom is 0.422 e. The largest absolute Gasteiger partial charge is 0.422 e. The first-order valence-corrected chi connectivity index (χ1v) is 11.7. The highest BCUT2D eigenvalue weighted by molar-refractivity contribution is 5.89. The molecule has 1 fully saturated rings. The fourth-order valence-electron chi connectivity index (χ4n) is 5.13. The summed E-state index contributed by atoms with van der Waals surface area (Å²) < 4.78 is 97.5. The van der Waals surface area contributed by atoms with Crippen LogP contribution in [0.4, 0.5) is 30.7 Å². The van der Waals surface area contributed by atoms with Gasteiger partial charge in [0.15, 0.2) is 0 Å². The number of allylic oxidation sites excluding steroid dienone is 2. The van der Waals surface area contributed by atoms with Crippen molar-refractivity contribution in [1.29, 1.82) is 0 Å². The standard InChI is InChI=1S/C28H25F7/c1-2-3-4-5-16-6-8-17(9-7-16)19-13-22(29)25(23(30)14-19)18-10-11-21-20(12-18)15-24(31)26(27(21)32)28(33,34)35/h2-3,10-17H,4-9H2,1H3/b3-2+. The third-order valence-corrected chi connectivity index (χ3v) is 6.96. The van der Waals surface area contributed by atoms with E-state index in [4.69, 9.17) is 0 Å². The van der Waals surface area contributed by atoms with Gasteiger partial charge >= 0.3 is 6.18 Å². The Morgan fingerprint density at radius 2 is 1.51 bits per heavy atom. The van der Waals surface area contributed by atoms with Crippen molar-refractivity contribution in [3.8, 4) is 11.1 Å². The zero-order chi connectivity index (χ0) is 25.3. The van der Waals surface area contributed by atoms with Gasteiger partial charge in [-0.15, -0.1) is 0 Å². The lowest BCUT2D eigenvalue weighted by atomic mass is 9.77. The minimum absolute atomic E-state index is 0.00899. The van der Waals surface area contributed by atoms with E-state index in [9.17, 15) is 22.0 Å². The number of hydrogen-bond acceptors (Lipinski definition) is 0. The molecule has 0 amide bonds. The molecule has 0 atom stereocenters. The second kappa shape index (κ2) is 10.0. The number of alkyl halides is 3. The van der Waals surface area contributed by atoms with Crippen molar-refractivity contribution in [2.24, 2.45) is 5.92 Å². The first kappa shape index (κ1) is 25.3. The van der Waals surface area contributed by atoms with Crippen molar-refractivity contribution in [3.63, 3.8) is 0 Å². The summed E-state index contributed by atoms with van der Waals surface area (Å²) in [4.78, 5) is 0. The molecule has 0 bridgehead atoms.